The van der Waals surface area contributed by atoms with Gasteiger partial charge in [-0.1, -0.05) is 6.92 Å². The van der Waals surface area contributed by atoms with Crippen LogP contribution in [0.2, 0.25) is 0 Å². The van der Waals surface area contributed by atoms with Crippen LogP contribution in [0.3, 0.4) is 0 Å². The van der Waals surface area contributed by atoms with Gasteiger partial charge in [-0.3, -0.25) is 14.9 Å². The van der Waals surface area contributed by atoms with E-state index in [0.29, 0.717) is 37.3 Å². The molecule has 0 radical (unpaired) electrons. The van der Waals surface area contributed by atoms with Crippen LogP contribution < -0.4 is 10.6 Å². The van der Waals surface area contributed by atoms with Gasteiger partial charge < -0.3 is 15.0 Å². The summed E-state index contributed by atoms with van der Waals surface area (Å²) < 4.78 is 5.17. The van der Waals surface area contributed by atoms with Crippen LogP contribution in [0.5, 0.6) is 0 Å². The van der Waals surface area contributed by atoms with Crippen molar-refractivity contribution >= 4 is 23.8 Å². The highest BCUT2D eigenvalue weighted by Crippen LogP contribution is 2.60. The number of amides is 4. The number of esters is 1. The van der Waals surface area contributed by atoms with Gasteiger partial charge in [0.1, 0.15) is 6.04 Å². The number of nitrogens with zero attached hydrogens (tertiary/aromatic N) is 1. The molecule has 1 atom stereocenters. The van der Waals surface area contributed by atoms with Crippen LogP contribution in [-0.4, -0.2) is 54.5 Å². The van der Waals surface area contributed by atoms with E-state index >= 15 is 0 Å². The largest absolute Gasteiger partial charge is 0.454 e. The van der Waals surface area contributed by atoms with Gasteiger partial charge in [-0.05, 0) is 75.5 Å². The van der Waals surface area contributed by atoms with Gasteiger partial charge in [0, 0.05) is 13.1 Å². The van der Waals surface area contributed by atoms with Crippen molar-refractivity contribution in [1.82, 2.24) is 15.5 Å². The molecule has 30 heavy (non-hydrogen) atoms. The van der Waals surface area contributed by atoms with E-state index in [0.717, 1.165) is 32.1 Å². The molecule has 5 fully saturated rings. The Labute approximate surface area is 177 Å². The van der Waals surface area contributed by atoms with Gasteiger partial charge >= 0.3 is 12.0 Å². The summed E-state index contributed by atoms with van der Waals surface area (Å²) in [7, 11) is 0. The maximum Gasteiger partial charge on any atom is 0.329 e. The Morgan fingerprint density at radius 2 is 1.67 bits per heavy atom. The molecule has 0 aromatic rings. The molecule has 2 N–H and O–H groups in total. The second kappa shape index (κ2) is 8.55. The number of ether oxygens (including phenoxy) is 1. The summed E-state index contributed by atoms with van der Waals surface area (Å²) in [4.78, 5) is 51.3. The summed E-state index contributed by atoms with van der Waals surface area (Å²) in [5.41, 5.74) is -0.285. The Morgan fingerprint density at radius 1 is 1.03 bits per heavy atom. The summed E-state index contributed by atoms with van der Waals surface area (Å²) in [6.07, 6.45) is 8.77. The molecule has 0 unspecified atom stereocenters. The molecular formula is C22H33N3O5. The highest BCUT2D eigenvalue weighted by molar-refractivity contribution is 5.96. The third-order valence-electron chi connectivity index (χ3n) is 7.41. The smallest absolute Gasteiger partial charge is 0.329 e. The van der Waals surface area contributed by atoms with Crippen LogP contribution in [0, 0.1) is 23.2 Å². The van der Waals surface area contributed by atoms with Crippen LogP contribution in [0.1, 0.15) is 64.7 Å². The minimum Gasteiger partial charge on any atom is -0.454 e. The minimum absolute atomic E-state index is 0.129. The molecule has 4 aliphatic carbocycles. The molecule has 4 saturated carbocycles. The van der Waals surface area contributed by atoms with Crippen molar-refractivity contribution in [1.29, 1.82) is 0 Å². The fourth-order valence-corrected chi connectivity index (χ4v) is 6.61. The summed E-state index contributed by atoms with van der Waals surface area (Å²) in [6.45, 7) is 2.42. The van der Waals surface area contributed by atoms with Crippen molar-refractivity contribution in [3.05, 3.63) is 0 Å². The van der Waals surface area contributed by atoms with Gasteiger partial charge in [0.2, 0.25) is 5.91 Å². The fourth-order valence-electron chi connectivity index (χ4n) is 6.61. The first kappa shape index (κ1) is 21.1. The molecule has 4 bridgehead atoms. The second-order valence-corrected chi connectivity index (χ2v) is 9.77. The highest BCUT2D eigenvalue weighted by Gasteiger charge is 2.57. The van der Waals surface area contributed by atoms with Crippen molar-refractivity contribution in [2.24, 2.45) is 23.2 Å². The molecule has 0 spiro atoms. The summed E-state index contributed by atoms with van der Waals surface area (Å²) in [5, 5.41) is 4.66. The fraction of sp³-hybridized carbons (Fsp3) is 0.818. The predicted octanol–water partition coefficient (Wildman–Crippen LogP) is 1.97. The van der Waals surface area contributed by atoms with Gasteiger partial charge in [-0.25, -0.2) is 9.59 Å². The van der Waals surface area contributed by atoms with Crippen molar-refractivity contribution in [2.45, 2.75) is 70.8 Å². The van der Waals surface area contributed by atoms with Crippen molar-refractivity contribution in [2.75, 3.05) is 19.7 Å². The Kier molecular flexibility index (Phi) is 6.02. The van der Waals surface area contributed by atoms with Crippen molar-refractivity contribution in [3.8, 4) is 0 Å². The lowest BCUT2D eigenvalue weighted by Gasteiger charge is -2.56. The number of carbonyl (C=O) groups is 4. The van der Waals surface area contributed by atoms with Crippen LogP contribution in [0.4, 0.5) is 4.79 Å². The zero-order chi connectivity index (χ0) is 21.3. The number of likely N-dealkylation sites (tertiary alicyclic amines) is 1. The lowest BCUT2D eigenvalue weighted by Crippen LogP contribution is -2.56. The molecule has 5 aliphatic rings. The lowest BCUT2D eigenvalue weighted by molar-refractivity contribution is -0.166. The highest BCUT2D eigenvalue weighted by atomic mass is 16.5. The predicted molar refractivity (Wildman–Crippen MR) is 108 cm³/mol. The van der Waals surface area contributed by atoms with E-state index in [4.69, 9.17) is 4.74 Å². The second-order valence-electron chi connectivity index (χ2n) is 9.77. The third-order valence-corrected chi connectivity index (χ3v) is 7.41. The van der Waals surface area contributed by atoms with E-state index in [9.17, 15) is 19.2 Å². The van der Waals surface area contributed by atoms with Crippen LogP contribution >= 0.6 is 0 Å². The SMILES string of the molecule is CCCNC(=O)NC(=O)COC(=O)[C@H]1CCCN1C(=O)C12CC3CC(CC(C3)C1)C2. The first-order chi connectivity index (χ1) is 14.4. The van der Waals surface area contributed by atoms with Crippen molar-refractivity contribution in [3.63, 3.8) is 0 Å². The number of rotatable bonds is 6. The number of urea groups is 1. The molecule has 4 amide bonds. The number of nitrogens with one attached hydrogen (secondary N) is 2. The molecule has 5 rings (SSSR count). The Bertz CT molecular complexity index is 686. The molecule has 8 heteroatoms. The van der Waals surface area contributed by atoms with Gasteiger partial charge in [0.25, 0.3) is 5.91 Å². The first-order valence-electron chi connectivity index (χ1n) is 11.5. The molecule has 1 saturated heterocycles. The number of carbonyl (C=O) groups excluding carboxylic acids is 4. The molecule has 166 valence electrons. The standard InChI is InChI=1S/C22H33N3O5/c1-2-5-23-21(29)24-18(26)13-30-19(27)17-4-3-6-25(17)20(28)22-10-14-7-15(11-22)9-16(8-14)12-22/h14-17H,2-13H2,1H3,(H2,23,24,26,29)/t14?,15?,16?,17-,22?/m1/s1. The molecule has 0 aromatic carbocycles. The number of hydrogen-bond donors (Lipinski definition) is 2. The summed E-state index contributed by atoms with van der Waals surface area (Å²) >= 11 is 0. The lowest BCUT2D eigenvalue weighted by atomic mass is 9.49. The maximum absolute atomic E-state index is 13.6. The topological polar surface area (TPSA) is 105 Å². The van der Waals surface area contributed by atoms with Crippen molar-refractivity contribution < 1.29 is 23.9 Å². The van der Waals surface area contributed by atoms with Crippen LogP contribution in [0.25, 0.3) is 0 Å². The van der Waals surface area contributed by atoms with Gasteiger partial charge in [-0.15, -0.1) is 0 Å². The van der Waals surface area contributed by atoms with E-state index in [1.54, 1.807) is 4.90 Å². The molecular weight excluding hydrogens is 386 g/mol. The maximum atomic E-state index is 13.6. The normalized spacial score (nSPS) is 34.0. The zero-order valence-electron chi connectivity index (χ0n) is 17.8. The third kappa shape index (κ3) is 4.18. The average molecular weight is 420 g/mol. The Balaban J connectivity index is 1.32. The van der Waals surface area contributed by atoms with Gasteiger partial charge in [0.05, 0.1) is 5.41 Å². The molecule has 1 aliphatic heterocycles. The zero-order valence-corrected chi connectivity index (χ0v) is 17.8. The summed E-state index contributed by atoms with van der Waals surface area (Å²) in [5.74, 6) is 0.898. The quantitative estimate of drug-likeness (QED) is 0.641. The van der Waals surface area contributed by atoms with Gasteiger partial charge in [-0.2, -0.15) is 0 Å². The minimum atomic E-state index is -0.672. The van der Waals surface area contributed by atoms with Gasteiger partial charge in [0.15, 0.2) is 6.61 Å². The Hall–Kier alpha value is -2.12. The first-order valence-corrected chi connectivity index (χ1v) is 11.5. The van der Waals surface area contributed by atoms with E-state index in [1.807, 2.05) is 6.92 Å². The van der Waals surface area contributed by atoms with E-state index in [2.05, 4.69) is 10.6 Å². The number of imide groups is 1. The van der Waals surface area contributed by atoms with E-state index < -0.39 is 30.6 Å². The van der Waals surface area contributed by atoms with Crippen LogP contribution in [0.15, 0.2) is 0 Å². The van der Waals surface area contributed by atoms with E-state index in [1.165, 1.54) is 19.3 Å². The monoisotopic (exact) mass is 419 g/mol. The molecule has 8 nitrogen and oxygen atoms in total. The number of hydrogen-bond acceptors (Lipinski definition) is 5. The average Bonchev–Trinajstić information content (AvgIpc) is 3.18. The Morgan fingerprint density at radius 3 is 2.27 bits per heavy atom. The van der Waals surface area contributed by atoms with E-state index in [-0.39, 0.29) is 11.3 Å². The molecule has 1 heterocycles. The van der Waals surface area contributed by atoms with Crippen LogP contribution in [-0.2, 0) is 19.1 Å². The molecule has 0 aromatic heterocycles. The summed E-state index contributed by atoms with van der Waals surface area (Å²) in [6, 6.07) is -1.22.